The van der Waals surface area contributed by atoms with Gasteiger partial charge in [0.15, 0.2) is 10.2 Å². The highest BCUT2D eigenvalue weighted by molar-refractivity contribution is 7.80. The Morgan fingerprint density at radius 3 is 1.78 bits per heavy atom. The van der Waals surface area contributed by atoms with Gasteiger partial charge in [-0.1, -0.05) is 39.5 Å². The van der Waals surface area contributed by atoms with Gasteiger partial charge in [0.2, 0.25) is 0 Å². The molecule has 9 heteroatoms. The summed E-state index contributed by atoms with van der Waals surface area (Å²) < 4.78 is 0. The van der Waals surface area contributed by atoms with Gasteiger partial charge in [0, 0.05) is 17.6 Å². The standard InChI is InChI=1S/C23H36N6OS2/c1-15-7-3-5-9-19(15)24-22(31)28-26-18-13-11-17(12-14-18)21(30)27-29-23(32)25-20-10-6-4-8-16(20)2/h11-16,19-20,26H,3-10H2,1-2H3,(H,27,30)(H2,24,28,31)(H2,25,29,32)/t15-,16+,19+,20+/m0/s1. The Labute approximate surface area is 202 Å². The van der Waals surface area contributed by atoms with E-state index in [0.29, 0.717) is 39.7 Å². The Bertz CT molecular complexity index is 787. The molecule has 0 unspecified atom stereocenters. The zero-order valence-electron chi connectivity index (χ0n) is 19.0. The van der Waals surface area contributed by atoms with Crippen LogP contribution in [0.2, 0.25) is 0 Å². The minimum absolute atomic E-state index is 0.242. The second-order valence-electron chi connectivity index (χ2n) is 9.09. The summed E-state index contributed by atoms with van der Waals surface area (Å²) in [6, 6.07) is 7.94. The van der Waals surface area contributed by atoms with E-state index in [-0.39, 0.29) is 5.91 Å². The first-order valence-electron chi connectivity index (χ1n) is 11.7. The summed E-state index contributed by atoms with van der Waals surface area (Å²) in [6.07, 6.45) is 9.75. The first kappa shape index (κ1) is 24.5. The number of carbonyl (C=O) groups excluding carboxylic acids is 1. The number of nitrogens with one attached hydrogen (secondary N) is 6. The normalized spacial score (nSPS) is 25.2. The van der Waals surface area contributed by atoms with Crippen molar-refractivity contribution in [2.75, 3.05) is 5.43 Å². The summed E-state index contributed by atoms with van der Waals surface area (Å²) in [4.78, 5) is 12.4. The average molecular weight is 477 g/mol. The van der Waals surface area contributed by atoms with Crippen molar-refractivity contribution in [2.24, 2.45) is 11.8 Å². The van der Waals surface area contributed by atoms with Crippen LogP contribution in [0.3, 0.4) is 0 Å². The van der Waals surface area contributed by atoms with Crippen LogP contribution in [-0.4, -0.2) is 28.2 Å². The smallest absolute Gasteiger partial charge is 0.269 e. The number of benzene rings is 1. The molecule has 0 radical (unpaired) electrons. The lowest BCUT2D eigenvalue weighted by atomic mass is 9.86. The van der Waals surface area contributed by atoms with Crippen molar-refractivity contribution in [3.63, 3.8) is 0 Å². The average Bonchev–Trinajstić information content (AvgIpc) is 2.79. The van der Waals surface area contributed by atoms with Gasteiger partial charge in [-0.2, -0.15) is 0 Å². The highest BCUT2D eigenvalue weighted by atomic mass is 32.1. The number of anilines is 1. The number of rotatable bonds is 5. The maximum atomic E-state index is 12.4. The third-order valence-electron chi connectivity index (χ3n) is 6.61. The van der Waals surface area contributed by atoms with Crippen LogP contribution in [0.15, 0.2) is 24.3 Å². The fraction of sp³-hybridized carbons (Fsp3) is 0.609. The van der Waals surface area contributed by atoms with Gasteiger partial charge < -0.3 is 10.6 Å². The molecule has 0 aromatic heterocycles. The SMILES string of the molecule is C[C@@H]1CCCC[C@H]1NC(=S)NNC(=O)c1ccc(NNC(=S)N[C@@H]2CCCC[C@@H]2C)cc1. The first-order chi connectivity index (χ1) is 15.4. The molecule has 4 atom stereocenters. The molecule has 2 saturated carbocycles. The fourth-order valence-electron chi connectivity index (χ4n) is 4.49. The highest BCUT2D eigenvalue weighted by Gasteiger charge is 2.22. The van der Waals surface area contributed by atoms with Crippen molar-refractivity contribution < 1.29 is 4.79 Å². The predicted octanol–water partition coefficient (Wildman–Crippen LogP) is 3.74. The van der Waals surface area contributed by atoms with Crippen LogP contribution >= 0.6 is 24.4 Å². The Balaban J connectivity index is 1.38. The summed E-state index contributed by atoms with van der Waals surface area (Å²) in [6.45, 7) is 4.51. The monoisotopic (exact) mass is 476 g/mol. The number of amides is 1. The van der Waals surface area contributed by atoms with E-state index in [1.165, 1.54) is 38.5 Å². The van der Waals surface area contributed by atoms with Crippen LogP contribution in [0.5, 0.6) is 0 Å². The third-order valence-corrected chi connectivity index (χ3v) is 7.05. The lowest BCUT2D eigenvalue weighted by Gasteiger charge is -2.30. The van der Waals surface area contributed by atoms with E-state index in [1.54, 1.807) is 12.1 Å². The molecule has 0 heterocycles. The first-order valence-corrected chi connectivity index (χ1v) is 12.5. The Kier molecular flexibility index (Phi) is 9.35. The van der Waals surface area contributed by atoms with Crippen molar-refractivity contribution in [3.05, 3.63) is 29.8 Å². The fourth-order valence-corrected chi connectivity index (χ4v) is 4.89. The van der Waals surface area contributed by atoms with Crippen LogP contribution in [0.25, 0.3) is 0 Å². The van der Waals surface area contributed by atoms with Gasteiger partial charge in [-0.05, 0) is 86.2 Å². The lowest BCUT2D eigenvalue weighted by Crippen LogP contribution is -2.51. The summed E-state index contributed by atoms with van der Waals surface area (Å²) >= 11 is 10.7. The lowest BCUT2D eigenvalue weighted by molar-refractivity contribution is 0.0943. The zero-order chi connectivity index (χ0) is 22.9. The van der Waals surface area contributed by atoms with E-state index < -0.39 is 0 Å². The molecular weight excluding hydrogens is 440 g/mol. The molecule has 7 nitrogen and oxygen atoms in total. The Morgan fingerprint density at radius 2 is 1.25 bits per heavy atom. The molecule has 3 rings (SSSR count). The van der Waals surface area contributed by atoms with Crippen molar-refractivity contribution in [1.29, 1.82) is 0 Å². The van der Waals surface area contributed by atoms with Gasteiger partial charge in [-0.25, -0.2) is 0 Å². The Morgan fingerprint density at radius 1 is 0.750 bits per heavy atom. The van der Waals surface area contributed by atoms with Crippen molar-refractivity contribution in [3.8, 4) is 0 Å². The van der Waals surface area contributed by atoms with Gasteiger partial charge in [0.25, 0.3) is 5.91 Å². The highest BCUT2D eigenvalue weighted by Crippen LogP contribution is 2.24. The van der Waals surface area contributed by atoms with Crippen molar-refractivity contribution >= 4 is 46.3 Å². The van der Waals surface area contributed by atoms with Crippen LogP contribution in [0, 0.1) is 11.8 Å². The molecule has 0 bridgehead atoms. The zero-order valence-corrected chi connectivity index (χ0v) is 20.6. The van der Waals surface area contributed by atoms with E-state index in [4.69, 9.17) is 24.4 Å². The number of carbonyl (C=O) groups is 1. The van der Waals surface area contributed by atoms with Crippen LogP contribution in [0.1, 0.15) is 75.6 Å². The summed E-state index contributed by atoms with van der Waals surface area (Å²) in [7, 11) is 0. The number of hydrazine groups is 2. The van der Waals surface area contributed by atoms with E-state index in [0.717, 1.165) is 18.5 Å². The van der Waals surface area contributed by atoms with E-state index in [2.05, 4.69) is 46.2 Å². The van der Waals surface area contributed by atoms with Crippen molar-refractivity contribution in [1.82, 2.24) is 26.9 Å². The predicted molar refractivity (Wildman–Crippen MR) is 138 cm³/mol. The van der Waals surface area contributed by atoms with Gasteiger partial charge in [0.1, 0.15) is 0 Å². The van der Waals surface area contributed by atoms with E-state index in [1.807, 2.05) is 12.1 Å². The number of thiocarbonyl (C=S) groups is 2. The molecule has 2 fully saturated rings. The minimum Gasteiger partial charge on any atom is -0.358 e. The van der Waals surface area contributed by atoms with Gasteiger partial charge >= 0.3 is 0 Å². The maximum absolute atomic E-state index is 12.4. The van der Waals surface area contributed by atoms with E-state index in [9.17, 15) is 4.79 Å². The molecule has 0 saturated heterocycles. The molecule has 0 spiro atoms. The molecule has 2 aliphatic rings. The molecule has 32 heavy (non-hydrogen) atoms. The molecule has 1 aromatic rings. The van der Waals surface area contributed by atoms with Crippen molar-refractivity contribution in [2.45, 2.75) is 77.3 Å². The molecule has 1 aromatic carbocycles. The molecule has 176 valence electrons. The quantitative estimate of drug-likeness (QED) is 0.283. The molecule has 0 aliphatic heterocycles. The summed E-state index contributed by atoms with van der Waals surface area (Å²) in [5.41, 5.74) is 12.9. The molecule has 6 N–H and O–H groups in total. The van der Waals surface area contributed by atoms with Crippen LogP contribution in [0.4, 0.5) is 5.69 Å². The van der Waals surface area contributed by atoms with Gasteiger partial charge in [-0.15, -0.1) is 0 Å². The third kappa shape index (κ3) is 7.48. The second kappa shape index (κ2) is 12.2. The Hall–Kier alpha value is -2.13. The topological polar surface area (TPSA) is 89.2 Å². The minimum atomic E-state index is -0.242. The maximum Gasteiger partial charge on any atom is 0.269 e. The summed E-state index contributed by atoms with van der Waals surface area (Å²) in [5, 5.41) is 7.75. The van der Waals surface area contributed by atoms with Gasteiger partial charge in [-0.3, -0.25) is 26.5 Å². The van der Waals surface area contributed by atoms with Crippen LogP contribution < -0.4 is 32.3 Å². The molecular formula is C23H36N6OS2. The second-order valence-corrected chi connectivity index (χ2v) is 9.91. The summed E-state index contributed by atoms with van der Waals surface area (Å²) in [5.74, 6) is 0.972. The van der Waals surface area contributed by atoms with Crippen LogP contribution in [-0.2, 0) is 0 Å². The number of hydrogen-bond acceptors (Lipinski definition) is 4. The van der Waals surface area contributed by atoms with Gasteiger partial charge in [0.05, 0.1) is 5.69 Å². The largest absolute Gasteiger partial charge is 0.358 e. The molecule has 2 aliphatic carbocycles. The van der Waals surface area contributed by atoms with E-state index >= 15 is 0 Å². The number of hydrogen-bond donors (Lipinski definition) is 6. The molecule has 1 amide bonds.